The fourth-order valence-electron chi connectivity index (χ4n) is 4.36. The van der Waals surface area contributed by atoms with E-state index in [-0.39, 0.29) is 43.9 Å². The summed E-state index contributed by atoms with van der Waals surface area (Å²) in [6.07, 6.45) is -7.33. The zero-order valence-corrected chi connectivity index (χ0v) is 27.0. The fraction of sp³-hybridized carbons (Fsp3) is 0.500. The lowest BCUT2D eigenvalue weighted by Crippen LogP contribution is -2.51. The molecule has 1 amide bonds. The molecule has 0 aromatic carbocycles. The number of alkyl halides is 6. The molecule has 0 radical (unpaired) electrons. The van der Waals surface area contributed by atoms with Crippen LogP contribution in [0.5, 0.6) is 5.88 Å². The van der Waals surface area contributed by atoms with E-state index in [1.165, 1.54) is 15.9 Å². The number of nitrogens with zero attached hydrogens (tertiary/aromatic N) is 7. The van der Waals surface area contributed by atoms with Crippen LogP contribution < -0.4 is 25.4 Å². The molecule has 12 nitrogen and oxygen atoms in total. The van der Waals surface area contributed by atoms with Crippen LogP contribution in [-0.2, 0) is 28.6 Å². The first-order valence-corrected chi connectivity index (χ1v) is 18.2. The second-order valence-corrected chi connectivity index (χ2v) is 17.6. The Labute approximate surface area is 266 Å². The third-order valence-electron chi connectivity index (χ3n) is 6.87. The van der Waals surface area contributed by atoms with E-state index in [0.717, 1.165) is 12.2 Å². The van der Waals surface area contributed by atoms with E-state index in [9.17, 15) is 35.9 Å². The monoisotopic (exact) mass is 688 g/mol. The second kappa shape index (κ2) is 14.2. The van der Waals surface area contributed by atoms with Gasteiger partial charge in [0, 0.05) is 46.2 Å². The van der Waals surface area contributed by atoms with Crippen molar-refractivity contribution in [2.45, 2.75) is 57.7 Å². The highest BCUT2D eigenvalue weighted by Gasteiger charge is 2.39. The van der Waals surface area contributed by atoms with Gasteiger partial charge in [-0.3, -0.25) is 14.5 Å². The van der Waals surface area contributed by atoms with Gasteiger partial charge in [0.2, 0.25) is 17.7 Å². The van der Waals surface area contributed by atoms with Gasteiger partial charge in [-0.2, -0.15) is 36.4 Å². The molecule has 1 aliphatic rings. The van der Waals surface area contributed by atoms with E-state index in [2.05, 4.69) is 45.0 Å². The number of aromatic nitrogens is 5. The lowest BCUT2D eigenvalue weighted by molar-refractivity contribution is -0.139. The van der Waals surface area contributed by atoms with Crippen molar-refractivity contribution in [3.05, 3.63) is 58.3 Å². The van der Waals surface area contributed by atoms with Crippen LogP contribution in [0.1, 0.15) is 18.1 Å². The largest absolute Gasteiger partial charge is 0.475 e. The first-order chi connectivity index (χ1) is 21.9. The van der Waals surface area contributed by atoms with Crippen molar-refractivity contribution in [3.8, 4) is 5.88 Å². The summed E-state index contributed by atoms with van der Waals surface area (Å²) in [6.45, 7) is 7.77. The number of anilines is 3. The SMILES string of the molecule is C[C@@H](COc1cccc(N2CCN(c3ncc(C(F)(F)F)cn3)CC2=O)n1)Nc1cnn(COCC[Si](C)(C)C)c(=O)c1C(F)(F)F. The van der Waals surface area contributed by atoms with E-state index in [0.29, 0.717) is 23.7 Å². The van der Waals surface area contributed by atoms with Gasteiger partial charge in [0.05, 0.1) is 23.5 Å². The summed E-state index contributed by atoms with van der Waals surface area (Å²) in [5, 5.41) is 6.48. The molecule has 3 aromatic rings. The topological polar surface area (TPSA) is 128 Å². The molecule has 1 N–H and O–H groups in total. The minimum atomic E-state index is -4.96. The predicted molar refractivity (Wildman–Crippen MR) is 162 cm³/mol. The van der Waals surface area contributed by atoms with Crippen LogP contribution in [0.2, 0.25) is 25.7 Å². The summed E-state index contributed by atoms with van der Waals surface area (Å²) in [6, 6.07) is 4.67. The molecule has 4 rings (SSSR count). The van der Waals surface area contributed by atoms with Crippen molar-refractivity contribution in [2.24, 2.45) is 0 Å². The summed E-state index contributed by atoms with van der Waals surface area (Å²) >= 11 is 0. The Hall–Kier alpha value is -4.26. The van der Waals surface area contributed by atoms with Crippen LogP contribution in [-0.4, -0.2) is 77.6 Å². The molecule has 256 valence electrons. The molecular weight excluding hydrogens is 654 g/mol. The zero-order valence-electron chi connectivity index (χ0n) is 26.0. The minimum absolute atomic E-state index is 0.0236. The Morgan fingerprint density at radius 2 is 1.70 bits per heavy atom. The highest BCUT2D eigenvalue weighted by molar-refractivity contribution is 6.76. The van der Waals surface area contributed by atoms with Gasteiger partial charge in [-0.1, -0.05) is 25.7 Å². The summed E-state index contributed by atoms with van der Waals surface area (Å²) in [5.41, 5.74) is -4.27. The van der Waals surface area contributed by atoms with Crippen LogP contribution >= 0.6 is 0 Å². The minimum Gasteiger partial charge on any atom is -0.475 e. The molecule has 4 heterocycles. The van der Waals surface area contributed by atoms with Crippen LogP contribution in [0, 0.1) is 0 Å². The Bertz CT molecular complexity index is 1600. The zero-order chi connectivity index (χ0) is 34.6. The first-order valence-electron chi connectivity index (χ1n) is 14.5. The van der Waals surface area contributed by atoms with Gasteiger partial charge in [-0.15, -0.1) is 0 Å². The van der Waals surface area contributed by atoms with Gasteiger partial charge >= 0.3 is 12.4 Å². The maximum Gasteiger partial charge on any atom is 0.423 e. The first kappa shape index (κ1) is 35.6. The van der Waals surface area contributed by atoms with Gasteiger partial charge in [0.25, 0.3) is 5.56 Å². The molecule has 19 heteroatoms. The molecule has 47 heavy (non-hydrogen) atoms. The maximum atomic E-state index is 13.9. The number of piperazine rings is 1. The maximum absolute atomic E-state index is 13.9. The number of ether oxygens (including phenoxy) is 2. The van der Waals surface area contributed by atoms with E-state index in [4.69, 9.17) is 9.47 Å². The quantitative estimate of drug-likeness (QED) is 0.165. The summed E-state index contributed by atoms with van der Waals surface area (Å²) in [5.74, 6) is -0.120. The van der Waals surface area contributed by atoms with E-state index in [1.54, 1.807) is 19.1 Å². The highest BCUT2D eigenvalue weighted by atomic mass is 28.3. The molecular formula is C28H34F6N8O4Si. The van der Waals surface area contributed by atoms with E-state index >= 15 is 0 Å². The standard InChI is InChI=1S/C28H34F6N8O4Si/c1-18(38-20-14-37-42(17-45-10-11-47(2,3)4)25(44)24(20)28(32,33)34)16-46-22-7-5-6-21(39-22)41-9-8-40(15-23(41)43)26-35-12-19(13-36-26)27(29,30)31/h5-7,12-14,18,38H,8-11,15-17H2,1-4H3/t18-/m0/s1. The number of amides is 1. The number of hydrogen-bond acceptors (Lipinski definition) is 10. The van der Waals surface area contributed by atoms with Gasteiger partial charge in [0.1, 0.15) is 31.3 Å². The molecule has 1 fully saturated rings. The molecule has 0 aliphatic carbocycles. The van der Waals surface area contributed by atoms with Gasteiger partial charge in [0.15, 0.2) is 0 Å². The number of hydrogen-bond donors (Lipinski definition) is 1. The predicted octanol–water partition coefficient (Wildman–Crippen LogP) is 4.51. The van der Waals surface area contributed by atoms with Gasteiger partial charge in [-0.25, -0.2) is 14.6 Å². The Morgan fingerprint density at radius 1 is 1.00 bits per heavy atom. The van der Waals surface area contributed by atoms with Gasteiger partial charge in [-0.05, 0) is 19.0 Å². The molecule has 0 saturated carbocycles. The number of rotatable bonds is 12. The number of carbonyl (C=O) groups excluding carboxylic acids is 1. The van der Waals surface area contributed by atoms with Crippen molar-refractivity contribution >= 4 is 31.4 Å². The number of halogens is 6. The summed E-state index contributed by atoms with van der Waals surface area (Å²) in [4.78, 5) is 40.2. The van der Waals surface area contributed by atoms with Crippen molar-refractivity contribution in [3.63, 3.8) is 0 Å². The molecule has 1 aliphatic heterocycles. The summed E-state index contributed by atoms with van der Waals surface area (Å²) in [7, 11) is -1.43. The fourth-order valence-corrected chi connectivity index (χ4v) is 5.12. The Morgan fingerprint density at radius 3 is 2.32 bits per heavy atom. The van der Waals surface area contributed by atoms with Crippen LogP contribution in [0.3, 0.4) is 0 Å². The third-order valence-corrected chi connectivity index (χ3v) is 8.58. The Kier molecular flexibility index (Phi) is 10.8. The lowest BCUT2D eigenvalue weighted by atomic mass is 10.2. The molecule has 0 unspecified atom stereocenters. The normalized spacial score (nSPS) is 15.1. The van der Waals surface area contributed by atoms with Crippen LogP contribution in [0.15, 0.2) is 41.6 Å². The molecule has 1 saturated heterocycles. The molecule has 1 atom stereocenters. The third kappa shape index (κ3) is 9.63. The van der Waals surface area contributed by atoms with Crippen molar-refractivity contribution in [2.75, 3.05) is 48.0 Å². The lowest BCUT2D eigenvalue weighted by Gasteiger charge is -2.33. The van der Waals surface area contributed by atoms with E-state index < -0.39 is 61.5 Å². The van der Waals surface area contributed by atoms with Gasteiger partial charge < -0.3 is 19.7 Å². The smallest absolute Gasteiger partial charge is 0.423 e. The van der Waals surface area contributed by atoms with Crippen molar-refractivity contribution in [1.82, 2.24) is 24.7 Å². The molecule has 0 bridgehead atoms. The van der Waals surface area contributed by atoms with Crippen LogP contribution in [0.4, 0.5) is 43.8 Å². The average Bonchev–Trinajstić information content (AvgIpc) is 2.98. The number of pyridine rings is 1. The number of carbonyl (C=O) groups is 1. The Balaban J connectivity index is 1.36. The molecule has 3 aromatic heterocycles. The van der Waals surface area contributed by atoms with E-state index in [1.807, 2.05) is 0 Å². The van der Waals surface area contributed by atoms with Crippen molar-refractivity contribution in [1.29, 1.82) is 0 Å². The molecule has 0 spiro atoms. The van der Waals surface area contributed by atoms with Crippen molar-refractivity contribution < 1.29 is 40.6 Å². The number of nitrogens with one attached hydrogen (secondary N) is 1. The van der Waals surface area contributed by atoms with Crippen LogP contribution in [0.25, 0.3) is 0 Å². The summed E-state index contributed by atoms with van der Waals surface area (Å²) < 4.78 is 91.9. The average molecular weight is 689 g/mol. The highest BCUT2D eigenvalue weighted by Crippen LogP contribution is 2.32. The second-order valence-electron chi connectivity index (χ2n) is 12.0.